The Hall–Kier alpha value is -1.89. The maximum Gasteiger partial charge on any atom is 0.219 e. The van der Waals surface area contributed by atoms with E-state index in [1.54, 1.807) is 17.9 Å². The second-order valence-corrected chi connectivity index (χ2v) is 4.75. The van der Waals surface area contributed by atoms with Crippen LogP contribution in [0.1, 0.15) is 20.3 Å². The Morgan fingerprint density at radius 2 is 2.33 bits per heavy atom. The lowest BCUT2D eigenvalue weighted by Crippen LogP contribution is -2.41. The molecule has 2 aliphatic rings. The molecule has 1 amide bonds. The molecule has 94 valence electrons. The van der Waals surface area contributed by atoms with Crippen LogP contribution in [-0.4, -0.2) is 29.7 Å². The summed E-state index contributed by atoms with van der Waals surface area (Å²) in [6.07, 6.45) is 4.40. The third-order valence-corrected chi connectivity index (χ3v) is 3.72. The van der Waals surface area contributed by atoms with Crippen LogP contribution in [0.15, 0.2) is 23.3 Å². The lowest BCUT2D eigenvalue weighted by molar-refractivity contribution is -0.128. The van der Waals surface area contributed by atoms with Crippen molar-refractivity contribution in [2.24, 2.45) is 11.8 Å². The molecule has 0 saturated heterocycles. The van der Waals surface area contributed by atoms with Crippen LogP contribution in [0.4, 0.5) is 0 Å². The number of hydrogen-bond donors (Lipinski definition) is 0. The number of carbonyl (C=O) groups excluding carboxylic acids is 2. The molecule has 0 saturated carbocycles. The van der Waals surface area contributed by atoms with Crippen molar-refractivity contribution >= 4 is 11.7 Å². The van der Waals surface area contributed by atoms with Crippen LogP contribution >= 0.6 is 0 Å². The van der Waals surface area contributed by atoms with Crippen molar-refractivity contribution in [3.63, 3.8) is 0 Å². The molecular formula is C14H16N2O2. The molecule has 0 N–H and O–H groups in total. The Balaban J connectivity index is 2.37. The van der Waals surface area contributed by atoms with E-state index in [1.807, 2.05) is 19.1 Å². The number of amides is 1. The Kier molecular flexibility index (Phi) is 3.33. The first-order valence-corrected chi connectivity index (χ1v) is 6.20. The van der Waals surface area contributed by atoms with Gasteiger partial charge in [-0.15, -0.1) is 0 Å². The zero-order valence-electron chi connectivity index (χ0n) is 10.6. The van der Waals surface area contributed by atoms with Crippen LogP contribution in [0, 0.1) is 23.2 Å². The van der Waals surface area contributed by atoms with E-state index in [1.165, 1.54) is 0 Å². The molecule has 0 aromatic heterocycles. The van der Waals surface area contributed by atoms with E-state index >= 15 is 0 Å². The topological polar surface area (TPSA) is 61.2 Å². The van der Waals surface area contributed by atoms with Crippen molar-refractivity contribution in [2.75, 3.05) is 13.1 Å². The summed E-state index contributed by atoms with van der Waals surface area (Å²) in [5.74, 6) is -0.190. The molecule has 0 fully saturated rings. The first-order valence-electron chi connectivity index (χ1n) is 6.20. The molecule has 0 radical (unpaired) electrons. The molecule has 0 bridgehead atoms. The first kappa shape index (κ1) is 12.6. The van der Waals surface area contributed by atoms with Gasteiger partial charge in [0.2, 0.25) is 5.91 Å². The molecule has 1 aliphatic carbocycles. The summed E-state index contributed by atoms with van der Waals surface area (Å²) in [4.78, 5) is 25.2. The van der Waals surface area contributed by atoms with Gasteiger partial charge in [-0.2, -0.15) is 5.26 Å². The average Bonchev–Trinajstić information content (AvgIpc) is 2.37. The minimum absolute atomic E-state index is 0.0277. The fraction of sp³-hybridized carbons (Fsp3) is 0.500. The normalized spacial score (nSPS) is 26.9. The predicted molar refractivity (Wildman–Crippen MR) is 66.3 cm³/mol. The number of nitriles is 1. The second kappa shape index (κ2) is 4.77. The lowest BCUT2D eigenvalue weighted by atomic mass is 9.74. The first-order chi connectivity index (χ1) is 8.58. The van der Waals surface area contributed by atoms with E-state index in [0.29, 0.717) is 19.5 Å². The largest absolute Gasteiger partial charge is 0.338 e. The fourth-order valence-electron chi connectivity index (χ4n) is 2.73. The highest BCUT2D eigenvalue weighted by Gasteiger charge is 2.36. The van der Waals surface area contributed by atoms with Crippen LogP contribution in [0.5, 0.6) is 0 Å². The van der Waals surface area contributed by atoms with Gasteiger partial charge in [0.05, 0.1) is 5.57 Å². The Labute approximate surface area is 107 Å². The third-order valence-electron chi connectivity index (χ3n) is 3.72. The number of ketones is 1. The van der Waals surface area contributed by atoms with Crippen LogP contribution in [0.3, 0.4) is 0 Å². The molecule has 0 aromatic carbocycles. The fourth-order valence-corrected chi connectivity index (χ4v) is 2.73. The summed E-state index contributed by atoms with van der Waals surface area (Å²) in [7, 11) is 0. The smallest absolute Gasteiger partial charge is 0.219 e. The lowest BCUT2D eigenvalue weighted by Gasteiger charge is -2.36. The summed E-state index contributed by atoms with van der Waals surface area (Å²) < 4.78 is 0. The van der Waals surface area contributed by atoms with E-state index in [4.69, 9.17) is 5.26 Å². The van der Waals surface area contributed by atoms with Crippen molar-refractivity contribution in [3.05, 3.63) is 23.3 Å². The van der Waals surface area contributed by atoms with E-state index in [0.717, 1.165) is 5.57 Å². The van der Waals surface area contributed by atoms with Gasteiger partial charge in [-0.05, 0) is 6.42 Å². The van der Waals surface area contributed by atoms with Crippen molar-refractivity contribution < 1.29 is 9.59 Å². The van der Waals surface area contributed by atoms with Gasteiger partial charge >= 0.3 is 0 Å². The monoisotopic (exact) mass is 244 g/mol. The molecule has 4 heteroatoms. The minimum Gasteiger partial charge on any atom is -0.338 e. The Morgan fingerprint density at radius 3 is 2.89 bits per heavy atom. The Morgan fingerprint density at radius 1 is 1.61 bits per heavy atom. The summed E-state index contributed by atoms with van der Waals surface area (Å²) in [5, 5.41) is 9.00. The molecule has 2 unspecified atom stereocenters. The van der Waals surface area contributed by atoms with Crippen LogP contribution in [0.2, 0.25) is 0 Å². The van der Waals surface area contributed by atoms with E-state index in [2.05, 4.69) is 0 Å². The van der Waals surface area contributed by atoms with Crippen LogP contribution < -0.4 is 0 Å². The zero-order chi connectivity index (χ0) is 13.3. The van der Waals surface area contributed by atoms with Gasteiger partial charge in [0.1, 0.15) is 6.07 Å². The second-order valence-electron chi connectivity index (χ2n) is 4.75. The number of hydrogen-bond acceptors (Lipinski definition) is 3. The maximum atomic E-state index is 12.0. The van der Waals surface area contributed by atoms with Gasteiger partial charge < -0.3 is 4.90 Å². The highest BCUT2D eigenvalue weighted by atomic mass is 16.2. The highest BCUT2D eigenvalue weighted by Crippen LogP contribution is 2.35. The number of allylic oxidation sites excluding steroid dienone is 1. The molecule has 0 aromatic rings. The number of carbonyl (C=O) groups is 2. The van der Waals surface area contributed by atoms with Gasteiger partial charge in [0.25, 0.3) is 0 Å². The van der Waals surface area contributed by atoms with Crippen LogP contribution in [-0.2, 0) is 9.59 Å². The van der Waals surface area contributed by atoms with Gasteiger partial charge in [0.15, 0.2) is 5.78 Å². The summed E-state index contributed by atoms with van der Waals surface area (Å²) in [5.41, 5.74) is 1.33. The molecule has 0 spiro atoms. The summed E-state index contributed by atoms with van der Waals surface area (Å²) in [6, 6.07) is 1.98. The SMILES string of the molecule is CCC1C(=O)C(C#N)=CC2CN(C(C)=O)CC=C21. The number of fused-ring (bicyclic) bond motifs is 1. The summed E-state index contributed by atoms with van der Waals surface area (Å²) >= 11 is 0. The van der Waals surface area contributed by atoms with Gasteiger partial charge in [0, 0.05) is 31.8 Å². The van der Waals surface area contributed by atoms with Gasteiger partial charge in [-0.1, -0.05) is 24.6 Å². The van der Waals surface area contributed by atoms with Gasteiger partial charge in [-0.3, -0.25) is 9.59 Å². The molecule has 2 atom stereocenters. The molecule has 18 heavy (non-hydrogen) atoms. The standard InChI is InChI=1S/C14H16N2O2/c1-3-12-13-4-5-16(9(2)17)8-11(13)6-10(7-15)14(12)18/h4,6,11-12H,3,5,8H2,1-2H3. The molecule has 1 aliphatic heterocycles. The molecular weight excluding hydrogens is 228 g/mol. The van der Waals surface area contributed by atoms with Crippen molar-refractivity contribution in [2.45, 2.75) is 20.3 Å². The number of rotatable bonds is 1. The van der Waals surface area contributed by atoms with Crippen molar-refractivity contribution in [1.82, 2.24) is 4.90 Å². The van der Waals surface area contributed by atoms with Crippen LogP contribution in [0.25, 0.3) is 0 Å². The van der Waals surface area contributed by atoms with Crippen molar-refractivity contribution in [1.29, 1.82) is 5.26 Å². The van der Waals surface area contributed by atoms with Gasteiger partial charge in [-0.25, -0.2) is 0 Å². The van der Waals surface area contributed by atoms with E-state index < -0.39 is 0 Å². The number of nitrogens with zero attached hydrogens (tertiary/aromatic N) is 2. The Bertz CT molecular complexity index is 496. The quantitative estimate of drug-likeness (QED) is 0.656. The predicted octanol–water partition coefficient (Wildman–Crippen LogP) is 1.45. The molecule has 4 nitrogen and oxygen atoms in total. The highest BCUT2D eigenvalue weighted by molar-refractivity contribution is 6.03. The van der Waals surface area contributed by atoms with E-state index in [9.17, 15) is 9.59 Å². The minimum atomic E-state index is -0.177. The maximum absolute atomic E-state index is 12.0. The average molecular weight is 244 g/mol. The third kappa shape index (κ3) is 1.97. The summed E-state index contributed by atoms with van der Waals surface area (Å²) in [6.45, 7) is 4.65. The molecule has 1 heterocycles. The van der Waals surface area contributed by atoms with E-state index in [-0.39, 0.29) is 29.1 Å². The zero-order valence-corrected chi connectivity index (χ0v) is 10.6. The number of Topliss-reactive ketones (excluding diaryl/α,β-unsaturated/α-hetero) is 1. The molecule has 2 rings (SSSR count). The van der Waals surface area contributed by atoms with Crippen molar-refractivity contribution in [3.8, 4) is 6.07 Å².